The Hall–Kier alpha value is -3.43. The summed E-state index contributed by atoms with van der Waals surface area (Å²) >= 11 is 0. The average molecular weight is 416 g/mol. The van der Waals surface area contributed by atoms with Crippen molar-refractivity contribution in [2.24, 2.45) is 0 Å². The zero-order valence-corrected chi connectivity index (χ0v) is 18.2. The lowest BCUT2D eigenvalue weighted by Gasteiger charge is -2.18. The summed E-state index contributed by atoms with van der Waals surface area (Å²) in [4.78, 5) is 42.1. The minimum absolute atomic E-state index is 0.137. The molecule has 162 valence electrons. The lowest BCUT2D eigenvalue weighted by molar-refractivity contribution is -0.134. The van der Waals surface area contributed by atoms with Crippen molar-refractivity contribution in [1.29, 1.82) is 0 Å². The van der Waals surface area contributed by atoms with Crippen molar-refractivity contribution >= 4 is 23.8 Å². The standard InChI is InChI=1S/C20H28N6O4/c1-7-26(8-2)16(27)13-29-17(28)14-9-11-15(12-10-14)30-20-22-18(24(3)4)21-19(23-20)25(5)6/h9-12H,7-8,13H2,1-6H3. The van der Waals surface area contributed by atoms with Gasteiger partial charge in [-0.3, -0.25) is 4.79 Å². The molecule has 1 aromatic heterocycles. The van der Waals surface area contributed by atoms with Crippen LogP contribution in [0.15, 0.2) is 24.3 Å². The number of carbonyl (C=O) groups is 2. The molecule has 0 saturated heterocycles. The van der Waals surface area contributed by atoms with Gasteiger partial charge in [0.1, 0.15) is 5.75 Å². The van der Waals surface area contributed by atoms with Crippen molar-refractivity contribution in [3.63, 3.8) is 0 Å². The summed E-state index contributed by atoms with van der Waals surface area (Å²) in [6.07, 6.45) is 0. The Morgan fingerprint density at radius 2 is 1.40 bits per heavy atom. The molecular formula is C20H28N6O4. The number of benzene rings is 1. The number of likely N-dealkylation sites (N-methyl/N-ethyl adjacent to an activating group) is 1. The third kappa shape index (κ3) is 6.03. The van der Waals surface area contributed by atoms with Crippen molar-refractivity contribution in [3.05, 3.63) is 29.8 Å². The van der Waals surface area contributed by atoms with Crippen molar-refractivity contribution < 1.29 is 19.1 Å². The molecule has 0 atom stereocenters. The third-order valence-electron chi connectivity index (χ3n) is 4.13. The molecule has 0 bridgehead atoms. The number of anilines is 2. The largest absolute Gasteiger partial charge is 0.452 e. The van der Waals surface area contributed by atoms with Gasteiger partial charge in [0, 0.05) is 41.3 Å². The van der Waals surface area contributed by atoms with Gasteiger partial charge in [-0.25, -0.2) is 4.79 Å². The molecule has 0 saturated carbocycles. The predicted octanol–water partition coefficient (Wildman–Crippen LogP) is 1.82. The minimum atomic E-state index is -0.577. The molecule has 1 heterocycles. The molecule has 2 rings (SSSR count). The van der Waals surface area contributed by atoms with E-state index in [1.807, 2.05) is 42.0 Å². The molecule has 10 nitrogen and oxygen atoms in total. The first-order chi connectivity index (χ1) is 14.2. The van der Waals surface area contributed by atoms with Gasteiger partial charge in [0.05, 0.1) is 5.56 Å². The lowest BCUT2D eigenvalue weighted by Crippen LogP contribution is -2.34. The number of esters is 1. The van der Waals surface area contributed by atoms with Crippen LogP contribution < -0.4 is 14.5 Å². The second kappa shape index (κ2) is 10.4. The van der Waals surface area contributed by atoms with Crippen molar-refractivity contribution in [2.75, 3.05) is 57.7 Å². The zero-order chi connectivity index (χ0) is 22.3. The molecule has 0 radical (unpaired) electrons. The molecule has 10 heteroatoms. The summed E-state index contributed by atoms with van der Waals surface area (Å²) in [6, 6.07) is 6.47. The molecule has 0 unspecified atom stereocenters. The lowest BCUT2D eigenvalue weighted by atomic mass is 10.2. The molecule has 1 amide bonds. The molecule has 0 aliphatic rings. The van der Waals surface area contributed by atoms with Gasteiger partial charge in [-0.1, -0.05) is 0 Å². The van der Waals surface area contributed by atoms with Gasteiger partial charge in [0.25, 0.3) is 5.91 Å². The molecule has 2 aromatic rings. The topological polar surface area (TPSA) is 101 Å². The highest BCUT2D eigenvalue weighted by Gasteiger charge is 2.15. The van der Waals surface area contributed by atoms with E-state index in [0.29, 0.717) is 36.3 Å². The second-order valence-electron chi connectivity index (χ2n) is 6.78. The molecule has 30 heavy (non-hydrogen) atoms. The molecule has 0 aliphatic heterocycles. The van der Waals surface area contributed by atoms with Crippen LogP contribution in [-0.2, 0) is 9.53 Å². The minimum Gasteiger partial charge on any atom is -0.452 e. The highest BCUT2D eigenvalue weighted by atomic mass is 16.5. The van der Waals surface area contributed by atoms with E-state index < -0.39 is 5.97 Å². The summed E-state index contributed by atoms with van der Waals surface area (Å²) in [6.45, 7) is 4.60. The first kappa shape index (κ1) is 22.9. The smallest absolute Gasteiger partial charge is 0.338 e. The zero-order valence-electron chi connectivity index (χ0n) is 18.2. The highest BCUT2D eigenvalue weighted by molar-refractivity contribution is 5.91. The summed E-state index contributed by atoms with van der Waals surface area (Å²) < 4.78 is 10.8. The number of aromatic nitrogens is 3. The van der Waals surface area contributed by atoms with Gasteiger partial charge in [-0.2, -0.15) is 15.0 Å². The van der Waals surface area contributed by atoms with Gasteiger partial charge >= 0.3 is 12.0 Å². The van der Waals surface area contributed by atoms with Crippen LogP contribution in [0.2, 0.25) is 0 Å². The van der Waals surface area contributed by atoms with Gasteiger partial charge < -0.3 is 24.2 Å². The summed E-state index contributed by atoms with van der Waals surface area (Å²) in [5.74, 6) is 0.568. The SMILES string of the molecule is CCN(CC)C(=O)COC(=O)c1ccc(Oc2nc(N(C)C)nc(N(C)C)n2)cc1. The maximum atomic E-state index is 12.2. The van der Waals surface area contributed by atoms with E-state index >= 15 is 0 Å². The Bertz CT molecular complexity index is 840. The predicted molar refractivity (Wildman–Crippen MR) is 113 cm³/mol. The first-order valence-corrected chi connectivity index (χ1v) is 9.58. The Kier molecular flexibility index (Phi) is 7.90. The van der Waals surface area contributed by atoms with Crippen molar-refractivity contribution in [1.82, 2.24) is 19.9 Å². The summed E-state index contributed by atoms with van der Waals surface area (Å²) in [7, 11) is 7.29. The number of amides is 1. The fourth-order valence-corrected chi connectivity index (χ4v) is 2.42. The quantitative estimate of drug-likeness (QED) is 0.567. The summed E-state index contributed by atoms with van der Waals surface area (Å²) in [5, 5.41) is 0. The van der Waals surface area contributed by atoms with Crippen LogP contribution in [0.5, 0.6) is 11.8 Å². The van der Waals surface area contributed by atoms with E-state index in [9.17, 15) is 9.59 Å². The number of hydrogen-bond acceptors (Lipinski definition) is 9. The Labute approximate surface area is 176 Å². The highest BCUT2D eigenvalue weighted by Crippen LogP contribution is 2.22. The van der Waals surface area contributed by atoms with Crippen LogP contribution in [0.3, 0.4) is 0 Å². The van der Waals surface area contributed by atoms with Crippen LogP contribution in [0.4, 0.5) is 11.9 Å². The Morgan fingerprint density at radius 3 is 1.87 bits per heavy atom. The van der Waals surface area contributed by atoms with Crippen LogP contribution in [-0.4, -0.2) is 79.6 Å². The number of rotatable bonds is 9. The van der Waals surface area contributed by atoms with E-state index in [0.717, 1.165) is 0 Å². The molecule has 0 N–H and O–H groups in total. The van der Waals surface area contributed by atoms with E-state index in [4.69, 9.17) is 9.47 Å². The fraction of sp³-hybridized carbons (Fsp3) is 0.450. The van der Waals surface area contributed by atoms with Gasteiger partial charge in [-0.15, -0.1) is 0 Å². The normalized spacial score (nSPS) is 10.3. The van der Waals surface area contributed by atoms with E-state index in [1.165, 1.54) is 0 Å². The molecule has 0 fully saturated rings. The Balaban J connectivity index is 2.06. The number of hydrogen-bond donors (Lipinski definition) is 0. The van der Waals surface area contributed by atoms with Gasteiger partial charge in [-0.05, 0) is 38.1 Å². The maximum absolute atomic E-state index is 12.2. The van der Waals surface area contributed by atoms with E-state index in [2.05, 4.69) is 15.0 Å². The molecule has 0 aliphatic carbocycles. The fourth-order valence-electron chi connectivity index (χ4n) is 2.42. The van der Waals surface area contributed by atoms with Crippen LogP contribution in [0.1, 0.15) is 24.2 Å². The van der Waals surface area contributed by atoms with E-state index in [1.54, 1.807) is 39.0 Å². The third-order valence-corrected chi connectivity index (χ3v) is 4.13. The number of ether oxygens (including phenoxy) is 2. The molecule has 1 aromatic carbocycles. The number of carbonyl (C=O) groups excluding carboxylic acids is 2. The Morgan fingerprint density at radius 1 is 0.867 bits per heavy atom. The monoisotopic (exact) mass is 416 g/mol. The number of nitrogens with zero attached hydrogens (tertiary/aromatic N) is 6. The summed E-state index contributed by atoms with van der Waals surface area (Å²) in [5.41, 5.74) is 0.313. The average Bonchev–Trinajstić information content (AvgIpc) is 2.73. The molecular weight excluding hydrogens is 388 g/mol. The van der Waals surface area contributed by atoms with Crippen LogP contribution in [0.25, 0.3) is 0 Å². The maximum Gasteiger partial charge on any atom is 0.338 e. The van der Waals surface area contributed by atoms with Crippen molar-refractivity contribution in [3.8, 4) is 11.8 Å². The van der Waals surface area contributed by atoms with Gasteiger partial charge in [0.2, 0.25) is 11.9 Å². The van der Waals surface area contributed by atoms with Crippen LogP contribution >= 0.6 is 0 Å². The first-order valence-electron chi connectivity index (χ1n) is 9.58. The van der Waals surface area contributed by atoms with Crippen LogP contribution in [0, 0.1) is 0 Å². The van der Waals surface area contributed by atoms with Gasteiger partial charge in [0.15, 0.2) is 6.61 Å². The van der Waals surface area contributed by atoms with Crippen molar-refractivity contribution in [2.45, 2.75) is 13.8 Å². The van der Waals surface area contributed by atoms with E-state index in [-0.39, 0.29) is 18.5 Å². The molecule has 0 spiro atoms. The second-order valence-corrected chi connectivity index (χ2v) is 6.78.